The molecule has 130 valence electrons. The molecule has 2 fully saturated rings. The normalized spacial score (nSPS) is 16.9. The minimum atomic E-state index is -0.513. The van der Waals surface area contributed by atoms with E-state index in [0.29, 0.717) is 28.1 Å². The Morgan fingerprint density at radius 2 is 1.88 bits per heavy atom. The Morgan fingerprint density at radius 3 is 2.56 bits per heavy atom. The maximum absolute atomic E-state index is 12.2. The number of amides is 1. The molecule has 4 rings (SSSR count). The number of benzene rings is 1. The Bertz CT molecular complexity index is 819. The molecule has 2 aromatic rings. The lowest BCUT2D eigenvalue weighted by molar-refractivity contribution is -0.125. The summed E-state index contributed by atoms with van der Waals surface area (Å²) in [5.41, 5.74) is 1.10. The van der Waals surface area contributed by atoms with Crippen molar-refractivity contribution in [1.29, 1.82) is 0 Å². The molecule has 0 bridgehead atoms. The van der Waals surface area contributed by atoms with Crippen molar-refractivity contribution in [2.75, 3.05) is 6.61 Å². The summed E-state index contributed by atoms with van der Waals surface area (Å²) in [5, 5.41) is 4.24. The summed E-state index contributed by atoms with van der Waals surface area (Å²) in [4.78, 5) is 28.5. The number of fused-ring (bicyclic) bond motifs is 1. The zero-order valence-corrected chi connectivity index (χ0v) is 14.5. The highest BCUT2D eigenvalue weighted by molar-refractivity contribution is 6.29. The van der Waals surface area contributed by atoms with E-state index in [0.717, 1.165) is 5.39 Å². The number of carbonyl (C=O) groups is 2. The van der Waals surface area contributed by atoms with Crippen LogP contribution in [0.5, 0.6) is 0 Å². The molecule has 0 radical (unpaired) electrons. The highest BCUT2D eigenvalue weighted by Gasteiger charge is 2.42. The smallest absolute Gasteiger partial charge is 0.338 e. The third-order valence-electron chi connectivity index (χ3n) is 4.81. The third-order valence-corrected chi connectivity index (χ3v) is 5.02. The van der Waals surface area contributed by atoms with E-state index >= 15 is 0 Å². The van der Waals surface area contributed by atoms with Crippen LogP contribution in [0.2, 0.25) is 5.15 Å². The van der Waals surface area contributed by atoms with Gasteiger partial charge in [0.2, 0.25) is 0 Å². The highest BCUT2D eigenvalue weighted by Crippen LogP contribution is 2.44. The molecule has 1 N–H and O–H groups in total. The molecule has 2 saturated carbocycles. The summed E-state index contributed by atoms with van der Waals surface area (Å²) in [6.45, 7) is -0.244. The number of rotatable bonds is 6. The molecule has 0 spiro atoms. The van der Waals surface area contributed by atoms with E-state index in [4.69, 9.17) is 16.3 Å². The van der Waals surface area contributed by atoms with Gasteiger partial charge in [0.15, 0.2) is 6.61 Å². The lowest BCUT2D eigenvalue weighted by Gasteiger charge is -2.17. The highest BCUT2D eigenvalue weighted by atomic mass is 35.5. The van der Waals surface area contributed by atoms with Gasteiger partial charge in [-0.2, -0.15) is 0 Å². The van der Waals surface area contributed by atoms with Crippen LogP contribution in [-0.4, -0.2) is 29.5 Å². The Balaban J connectivity index is 1.35. The molecule has 6 heteroatoms. The van der Waals surface area contributed by atoms with Gasteiger partial charge in [-0.05, 0) is 67.9 Å². The number of pyridine rings is 1. The van der Waals surface area contributed by atoms with Crippen LogP contribution >= 0.6 is 11.6 Å². The second-order valence-corrected chi connectivity index (χ2v) is 7.27. The van der Waals surface area contributed by atoms with Crippen LogP contribution < -0.4 is 5.32 Å². The lowest BCUT2D eigenvalue weighted by atomic mass is 10.1. The number of aromatic nitrogens is 1. The number of halogens is 1. The van der Waals surface area contributed by atoms with Crippen LogP contribution in [0.15, 0.2) is 30.3 Å². The van der Waals surface area contributed by atoms with Gasteiger partial charge in [0, 0.05) is 11.4 Å². The molecular formula is C19H19ClN2O3. The van der Waals surface area contributed by atoms with Crippen molar-refractivity contribution in [3.05, 3.63) is 41.0 Å². The fourth-order valence-electron chi connectivity index (χ4n) is 3.20. The second kappa shape index (κ2) is 6.64. The molecule has 2 aliphatic carbocycles. The zero-order valence-electron chi connectivity index (χ0n) is 13.7. The molecular weight excluding hydrogens is 340 g/mol. The van der Waals surface area contributed by atoms with Crippen molar-refractivity contribution in [3.63, 3.8) is 0 Å². The predicted octanol–water partition coefficient (Wildman–Crippen LogP) is 3.35. The van der Waals surface area contributed by atoms with E-state index < -0.39 is 5.97 Å². The third kappa shape index (κ3) is 3.93. The van der Waals surface area contributed by atoms with E-state index in [1.807, 2.05) is 0 Å². The number of nitrogens with one attached hydrogen (secondary N) is 1. The van der Waals surface area contributed by atoms with Crippen molar-refractivity contribution < 1.29 is 14.3 Å². The molecule has 1 heterocycles. The van der Waals surface area contributed by atoms with Crippen molar-refractivity contribution in [1.82, 2.24) is 10.3 Å². The van der Waals surface area contributed by atoms with Gasteiger partial charge in [-0.15, -0.1) is 0 Å². The van der Waals surface area contributed by atoms with Crippen molar-refractivity contribution >= 4 is 34.4 Å². The first-order valence-electron chi connectivity index (χ1n) is 8.63. The maximum atomic E-state index is 12.2. The largest absolute Gasteiger partial charge is 0.452 e. The maximum Gasteiger partial charge on any atom is 0.338 e. The Hall–Kier alpha value is -2.14. The van der Waals surface area contributed by atoms with Crippen LogP contribution in [0.25, 0.3) is 10.9 Å². The number of hydrogen-bond donors (Lipinski definition) is 1. The first-order chi connectivity index (χ1) is 12.1. The van der Waals surface area contributed by atoms with Crippen LogP contribution in [0.4, 0.5) is 0 Å². The molecule has 0 unspecified atom stereocenters. The molecule has 2 aliphatic rings. The predicted molar refractivity (Wildman–Crippen MR) is 94.4 cm³/mol. The number of esters is 1. The second-order valence-electron chi connectivity index (χ2n) is 6.89. The molecule has 0 atom stereocenters. The summed E-state index contributed by atoms with van der Waals surface area (Å²) in [5.74, 6) is 0.506. The Kier molecular flexibility index (Phi) is 4.34. The molecule has 5 nitrogen and oxygen atoms in total. The van der Waals surface area contributed by atoms with Gasteiger partial charge < -0.3 is 10.1 Å². The Morgan fingerprint density at radius 1 is 1.16 bits per heavy atom. The zero-order chi connectivity index (χ0) is 17.4. The summed E-state index contributed by atoms with van der Waals surface area (Å²) in [6, 6.07) is 8.77. The number of ether oxygens (including phenoxy) is 1. The van der Waals surface area contributed by atoms with Gasteiger partial charge in [0.25, 0.3) is 5.91 Å². The van der Waals surface area contributed by atoms with Crippen LogP contribution in [0.1, 0.15) is 36.0 Å². The summed E-state index contributed by atoms with van der Waals surface area (Å²) >= 11 is 5.85. The van der Waals surface area contributed by atoms with Gasteiger partial charge in [0.1, 0.15) is 5.15 Å². The first-order valence-corrected chi connectivity index (χ1v) is 9.01. The van der Waals surface area contributed by atoms with Gasteiger partial charge in [-0.25, -0.2) is 9.78 Å². The first kappa shape index (κ1) is 16.3. The fourth-order valence-corrected chi connectivity index (χ4v) is 3.36. The fraction of sp³-hybridized carbons (Fsp3) is 0.421. The average Bonchev–Trinajstić information content (AvgIpc) is 3.49. The standard InChI is InChI=1S/C19H19ClN2O3/c20-16-8-6-13-9-14(5-7-15(13)21-16)19(24)25-10-17(23)22-18(11-1-2-11)12-3-4-12/h5-9,11-12,18H,1-4,10H2,(H,22,23). The van der Waals surface area contributed by atoms with E-state index in [1.54, 1.807) is 30.3 Å². The van der Waals surface area contributed by atoms with Gasteiger partial charge in [-0.3, -0.25) is 4.79 Å². The minimum Gasteiger partial charge on any atom is -0.452 e. The van der Waals surface area contributed by atoms with Gasteiger partial charge in [-0.1, -0.05) is 11.6 Å². The molecule has 0 aliphatic heterocycles. The summed E-state index contributed by atoms with van der Waals surface area (Å²) < 4.78 is 5.17. The number of hydrogen-bond acceptors (Lipinski definition) is 4. The van der Waals surface area contributed by atoms with E-state index in [1.165, 1.54) is 25.7 Å². The summed E-state index contributed by atoms with van der Waals surface area (Å²) in [6.07, 6.45) is 4.76. The van der Waals surface area contributed by atoms with Crippen LogP contribution in [0, 0.1) is 11.8 Å². The SMILES string of the molecule is O=C(COC(=O)c1ccc2nc(Cl)ccc2c1)NC(C1CC1)C1CC1. The van der Waals surface area contributed by atoms with Crippen molar-refractivity contribution in [3.8, 4) is 0 Å². The molecule has 0 saturated heterocycles. The monoisotopic (exact) mass is 358 g/mol. The average molecular weight is 359 g/mol. The number of carbonyl (C=O) groups excluding carboxylic acids is 2. The van der Waals surface area contributed by atoms with Gasteiger partial charge >= 0.3 is 5.97 Å². The molecule has 25 heavy (non-hydrogen) atoms. The minimum absolute atomic E-state index is 0.216. The van der Waals surface area contributed by atoms with E-state index in [9.17, 15) is 9.59 Å². The van der Waals surface area contributed by atoms with Crippen molar-refractivity contribution in [2.24, 2.45) is 11.8 Å². The van der Waals surface area contributed by atoms with Crippen LogP contribution in [-0.2, 0) is 9.53 Å². The molecule has 1 aromatic carbocycles. The van der Waals surface area contributed by atoms with E-state index in [-0.39, 0.29) is 18.6 Å². The van der Waals surface area contributed by atoms with Gasteiger partial charge in [0.05, 0.1) is 11.1 Å². The molecule has 1 aromatic heterocycles. The summed E-state index contributed by atoms with van der Waals surface area (Å²) in [7, 11) is 0. The lowest BCUT2D eigenvalue weighted by Crippen LogP contribution is -2.40. The van der Waals surface area contributed by atoms with Crippen molar-refractivity contribution in [2.45, 2.75) is 31.7 Å². The number of nitrogens with zero attached hydrogens (tertiary/aromatic N) is 1. The van der Waals surface area contributed by atoms with E-state index in [2.05, 4.69) is 10.3 Å². The Labute approximate surface area is 150 Å². The quantitative estimate of drug-likeness (QED) is 0.635. The molecule has 1 amide bonds. The topological polar surface area (TPSA) is 68.3 Å². The van der Waals surface area contributed by atoms with Crippen LogP contribution in [0.3, 0.4) is 0 Å².